The smallest absolute Gasteiger partial charge is 0.114 e. The molecule has 0 aromatic carbocycles. The molecule has 20 heavy (non-hydrogen) atoms. The van der Waals surface area contributed by atoms with Gasteiger partial charge in [-0.1, -0.05) is 20.3 Å². The first-order valence-electron chi connectivity index (χ1n) is 7.68. The first kappa shape index (κ1) is 15.9. The summed E-state index contributed by atoms with van der Waals surface area (Å²) >= 11 is 1.87. The predicted molar refractivity (Wildman–Crippen MR) is 85.3 cm³/mol. The standard InChI is InChI=1S/C16H28N2OS/c1-11-6-7-12(2)16(10-11,17-8-9-19-5)15-18-13(3)14(4)20-15/h11-12,17H,6-10H2,1-5H3. The van der Waals surface area contributed by atoms with Crippen molar-refractivity contribution in [2.45, 2.75) is 52.5 Å². The molecule has 1 aliphatic rings. The Hall–Kier alpha value is -0.450. The minimum atomic E-state index is 0.0416. The monoisotopic (exact) mass is 296 g/mol. The van der Waals surface area contributed by atoms with Crippen LogP contribution >= 0.6 is 11.3 Å². The average molecular weight is 296 g/mol. The van der Waals surface area contributed by atoms with Gasteiger partial charge >= 0.3 is 0 Å². The van der Waals surface area contributed by atoms with Crippen LogP contribution < -0.4 is 5.32 Å². The van der Waals surface area contributed by atoms with Gasteiger partial charge in [-0.25, -0.2) is 4.98 Å². The molecule has 1 aromatic rings. The molecule has 0 amide bonds. The second kappa shape index (κ2) is 6.54. The van der Waals surface area contributed by atoms with Gasteiger partial charge in [0.05, 0.1) is 17.8 Å². The zero-order chi connectivity index (χ0) is 14.8. The fourth-order valence-corrected chi connectivity index (χ4v) is 4.50. The molecule has 1 N–H and O–H groups in total. The lowest BCUT2D eigenvalue weighted by molar-refractivity contribution is 0.102. The van der Waals surface area contributed by atoms with E-state index in [9.17, 15) is 0 Å². The fraction of sp³-hybridized carbons (Fsp3) is 0.812. The number of ether oxygens (including phenoxy) is 1. The van der Waals surface area contributed by atoms with Crippen molar-refractivity contribution in [3.63, 3.8) is 0 Å². The predicted octanol–water partition coefficient (Wildman–Crippen LogP) is 3.65. The first-order valence-corrected chi connectivity index (χ1v) is 8.49. The van der Waals surface area contributed by atoms with Crippen LogP contribution in [0.25, 0.3) is 0 Å². The minimum absolute atomic E-state index is 0.0416. The third-order valence-corrected chi connectivity index (χ3v) is 6.01. The molecule has 3 atom stereocenters. The van der Waals surface area contributed by atoms with E-state index in [1.165, 1.54) is 34.8 Å². The van der Waals surface area contributed by atoms with Crippen molar-refractivity contribution in [1.29, 1.82) is 0 Å². The Balaban J connectivity index is 2.31. The molecule has 1 aromatic heterocycles. The van der Waals surface area contributed by atoms with Crippen molar-refractivity contribution >= 4 is 11.3 Å². The Kier molecular flexibility index (Phi) is 5.21. The second-order valence-electron chi connectivity index (χ2n) is 6.34. The Morgan fingerprint density at radius 1 is 1.35 bits per heavy atom. The summed E-state index contributed by atoms with van der Waals surface area (Å²) in [4.78, 5) is 6.23. The summed E-state index contributed by atoms with van der Waals surface area (Å²) in [6.07, 6.45) is 3.79. The average Bonchev–Trinajstić information content (AvgIpc) is 2.74. The highest BCUT2D eigenvalue weighted by Gasteiger charge is 2.44. The molecule has 3 unspecified atom stereocenters. The van der Waals surface area contributed by atoms with Gasteiger partial charge in [0.1, 0.15) is 5.01 Å². The molecule has 0 radical (unpaired) electrons. The van der Waals surface area contributed by atoms with Crippen molar-refractivity contribution in [1.82, 2.24) is 10.3 Å². The molecule has 4 heteroatoms. The van der Waals surface area contributed by atoms with Crippen LogP contribution in [0.1, 0.15) is 48.7 Å². The van der Waals surface area contributed by atoms with Crippen LogP contribution in [0.4, 0.5) is 0 Å². The summed E-state index contributed by atoms with van der Waals surface area (Å²) in [6, 6.07) is 0. The molecule has 3 nitrogen and oxygen atoms in total. The number of nitrogens with one attached hydrogen (secondary N) is 1. The Morgan fingerprint density at radius 3 is 2.70 bits per heavy atom. The largest absolute Gasteiger partial charge is 0.383 e. The number of aryl methyl sites for hydroxylation is 2. The van der Waals surface area contributed by atoms with Gasteiger partial charge < -0.3 is 10.1 Å². The first-order chi connectivity index (χ1) is 9.49. The summed E-state index contributed by atoms with van der Waals surface area (Å²) in [5, 5.41) is 5.08. The van der Waals surface area contributed by atoms with Crippen LogP contribution in [-0.2, 0) is 10.3 Å². The van der Waals surface area contributed by atoms with Crippen LogP contribution in [0.3, 0.4) is 0 Å². The molecule has 1 saturated carbocycles. The highest BCUT2D eigenvalue weighted by molar-refractivity contribution is 7.11. The Labute approximate surface area is 127 Å². The third-order valence-electron chi connectivity index (χ3n) is 4.76. The lowest BCUT2D eigenvalue weighted by Gasteiger charge is -2.44. The van der Waals surface area contributed by atoms with E-state index < -0.39 is 0 Å². The number of aromatic nitrogens is 1. The topological polar surface area (TPSA) is 34.1 Å². The normalized spacial score (nSPS) is 30.6. The fourth-order valence-electron chi connectivity index (χ4n) is 3.29. The van der Waals surface area contributed by atoms with Crippen molar-refractivity contribution in [2.24, 2.45) is 11.8 Å². The second-order valence-corrected chi connectivity index (χ2v) is 7.54. The van der Waals surface area contributed by atoms with Crippen molar-refractivity contribution in [2.75, 3.05) is 20.3 Å². The number of nitrogens with zero attached hydrogens (tertiary/aromatic N) is 1. The Bertz CT molecular complexity index is 426. The van der Waals surface area contributed by atoms with Crippen LogP contribution in [-0.4, -0.2) is 25.2 Å². The number of hydrogen-bond donors (Lipinski definition) is 1. The van der Waals surface area contributed by atoms with E-state index in [4.69, 9.17) is 9.72 Å². The highest BCUT2D eigenvalue weighted by atomic mass is 32.1. The summed E-state index contributed by atoms with van der Waals surface area (Å²) < 4.78 is 5.23. The zero-order valence-electron chi connectivity index (χ0n) is 13.5. The lowest BCUT2D eigenvalue weighted by Crippen LogP contribution is -2.52. The van der Waals surface area contributed by atoms with Gasteiger partial charge in [-0.05, 0) is 38.5 Å². The zero-order valence-corrected chi connectivity index (χ0v) is 14.3. The van der Waals surface area contributed by atoms with E-state index in [1.54, 1.807) is 7.11 Å². The maximum atomic E-state index is 5.23. The molecule has 0 bridgehead atoms. The van der Waals surface area contributed by atoms with Crippen molar-refractivity contribution in [3.05, 3.63) is 15.6 Å². The maximum Gasteiger partial charge on any atom is 0.114 e. The lowest BCUT2D eigenvalue weighted by atomic mass is 9.70. The van der Waals surface area contributed by atoms with Crippen LogP contribution in [0.2, 0.25) is 0 Å². The molecule has 1 heterocycles. The summed E-state index contributed by atoms with van der Waals surface area (Å²) in [5.74, 6) is 1.38. The van der Waals surface area contributed by atoms with Gasteiger partial charge in [0.15, 0.2) is 0 Å². The number of hydrogen-bond acceptors (Lipinski definition) is 4. The SMILES string of the molecule is COCCNC1(c2nc(C)c(C)s2)CC(C)CCC1C. The number of methoxy groups -OCH3 is 1. The van der Waals surface area contributed by atoms with E-state index in [-0.39, 0.29) is 5.54 Å². The third kappa shape index (κ3) is 3.07. The van der Waals surface area contributed by atoms with E-state index in [2.05, 4.69) is 33.0 Å². The van der Waals surface area contributed by atoms with Crippen LogP contribution in [0.5, 0.6) is 0 Å². The van der Waals surface area contributed by atoms with E-state index in [0.29, 0.717) is 5.92 Å². The van der Waals surface area contributed by atoms with Crippen molar-refractivity contribution < 1.29 is 4.74 Å². The number of thiazole rings is 1. The molecule has 1 aliphatic carbocycles. The summed E-state index contributed by atoms with van der Waals surface area (Å²) in [6.45, 7) is 10.7. The van der Waals surface area contributed by atoms with Crippen molar-refractivity contribution in [3.8, 4) is 0 Å². The Morgan fingerprint density at radius 2 is 2.10 bits per heavy atom. The van der Waals surface area contributed by atoms with E-state index in [0.717, 1.165) is 19.1 Å². The van der Waals surface area contributed by atoms with Gasteiger partial charge in [0.25, 0.3) is 0 Å². The van der Waals surface area contributed by atoms with Gasteiger partial charge in [-0.15, -0.1) is 11.3 Å². The van der Waals surface area contributed by atoms with E-state index in [1.807, 2.05) is 11.3 Å². The molecular formula is C16H28N2OS. The van der Waals surface area contributed by atoms with Crippen LogP contribution in [0, 0.1) is 25.7 Å². The van der Waals surface area contributed by atoms with Gasteiger partial charge in [-0.3, -0.25) is 0 Å². The molecule has 0 aliphatic heterocycles. The van der Waals surface area contributed by atoms with Gasteiger partial charge in [0, 0.05) is 18.5 Å². The van der Waals surface area contributed by atoms with Gasteiger partial charge in [-0.2, -0.15) is 0 Å². The summed E-state index contributed by atoms with van der Waals surface area (Å²) in [7, 11) is 1.76. The summed E-state index contributed by atoms with van der Waals surface area (Å²) in [5.41, 5.74) is 1.23. The van der Waals surface area contributed by atoms with Crippen LogP contribution in [0.15, 0.2) is 0 Å². The maximum absolute atomic E-state index is 5.23. The van der Waals surface area contributed by atoms with E-state index >= 15 is 0 Å². The van der Waals surface area contributed by atoms with Gasteiger partial charge in [0.2, 0.25) is 0 Å². The quantitative estimate of drug-likeness (QED) is 0.842. The molecule has 114 valence electrons. The highest BCUT2D eigenvalue weighted by Crippen LogP contribution is 2.45. The minimum Gasteiger partial charge on any atom is -0.383 e. The molecule has 1 fully saturated rings. The molecule has 2 rings (SSSR count). The molecule has 0 spiro atoms. The molecular weight excluding hydrogens is 268 g/mol. The number of rotatable bonds is 5. The molecule has 0 saturated heterocycles.